The van der Waals surface area contributed by atoms with Crippen LogP contribution < -0.4 is 17.2 Å². The van der Waals surface area contributed by atoms with Crippen LogP contribution >= 0.6 is 0 Å². The molecule has 6 N–H and O–H groups in total. The van der Waals surface area contributed by atoms with E-state index in [0.29, 0.717) is 13.1 Å². The van der Waals surface area contributed by atoms with Gasteiger partial charge in [-0.15, -0.1) is 0 Å². The summed E-state index contributed by atoms with van der Waals surface area (Å²) in [7, 11) is 0. The first-order valence-corrected chi connectivity index (χ1v) is 4.55. The lowest BCUT2D eigenvalue weighted by Crippen LogP contribution is -2.23. The van der Waals surface area contributed by atoms with Crippen molar-refractivity contribution in [1.29, 1.82) is 0 Å². The normalized spacial score (nSPS) is 12.9. The molecule has 0 rings (SSSR count). The zero-order valence-electron chi connectivity index (χ0n) is 7.76. The number of nitrogens with two attached hydrogens (primary N) is 3. The molecule has 3 nitrogen and oxygen atoms in total. The molecule has 0 aliphatic carbocycles. The van der Waals surface area contributed by atoms with E-state index >= 15 is 0 Å². The van der Waals surface area contributed by atoms with Gasteiger partial charge in [-0.25, -0.2) is 0 Å². The Kier molecular flexibility index (Phi) is 7.05. The first-order chi connectivity index (χ1) is 5.72. The molecule has 0 fully saturated rings. The van der Waals surface area contributed by atoms with Crippen molar-refractivity contribution >= 4 is 0 Å². The van der Waals surface area contributed by atoms with Gasteiger partial charge in [-0.3, -0.25) is 0 Å². The second-order valence-electron chi connectivity index (χ2n) is 3.09. The summed E-state index contributed by atoms with van der Waals surface area (Å²) in [6.45, 7) is 5.34. The van der Waals surface area contributed by atoms with E-state index in [4.69, 9.17) is 17.2 Å². The van der Waals surface area contributed by atoms with E-state index in [9.17, 15) is 0 Å². The first-order valence-electron chi connectivity index (χ1n) is 4.55. The summed E-state index contributed by atoms with van der Waals surface area (Å²) >= 11 is 0. The average molecular weight is 171 g/mol. The predicted molar refractivity (Wildman–Crippen MR) is 53.7 cm³/mol. The quantitative estimate of drug-likeness (QED) is 0.484. The van der Waals surface area contributed by atoms with Gasteiger partial charge in [0.2, 0.25) is 0 Å². The summed E-state index contributed by atoms with van der Waals surface area (Å²) in [6, 6.07) is 0.111. The second-order valence-corrected chi connectivity index (χ2v) is 3.09. The highest BCUT2D eigenvalue weighted by atomic mass is 14.6. The van der Waals surface area contributed by atoms with Crippen LogP contribution in [-0.2, 0) is 0 Å². The van der Waals surface area contributed by atoms with Gasteiger partial charge in [0.15, 0.2) is 0 Å². The minimum atomic E-state index is 0.111. The summed E-state index contributed by atoms with van der Waals surface area (Å²) in [5.41, 5.74) is 17.7. The Hall–Kier alpha value is -0.380. The number of rotatable bonds is 7. The summed E-state index contributed by atoms with van der Waals surface area (Å²) in [4.78, 5) is 0. The van der Waals surface area contributed by atoms with Crippen LogP contribution in [0.2, 0.25) is 0 Å². The zero-order chi connectivity index (χ0) is 9.40. The van der Waals surface area contributed by atoms with Crippen molar-refractivity contribution in [3.05, 3.63) is 12.2 Å². The molecule has 72 valence electrons. The van der Waals surface area contributed by atoms with Gasteiger partial charge in [-0.1, -0.05) is 12.2 Å². The third kappa shape index (κ3) is 5.29. The van der Waals surface area contributed by atoms with Gasteiger partial charge in [0.25, 0.3) is 0 Å². The van der Waals surface area contributed by atoms with Gasteiger partial charge in [0.05, 0.1) is 0 Å². The fraction of sp³-hybridized carbons (Fsp3) is 0.778. The highest BCUT2D eigenvalue weighted by Gasteiger charge is 2.05. The van der Waals surface area contributed by atoms with Crippen LogP contribution in [0.5, 0.6) is 0 Å². The van der Waals surface area contributed by atoms with Crippen molar-refractivity contribution < 1.29 is 0 Å². The monoisotopic (exact) mass is 171 g/mol. The van der Waals surface area contributed by atoms with Crippen molar-refractivity contribution in [1.82, 2.24) is 0 Å². The molecule has 0 saturated heterocycles. The summed E-state index contributed by atoms with van der Waals surface area (Å²) in [5, 5.41) is 0. The van der Waals surface area contributed by atoms with Crippen LogP contribution in [0, 0.1) is 0 Å². The fourth-order valence-electron chi connectivity index (χ4n) is 1.06. The van der Waals surface area contributed by atoms with Crippen molar-refractivity contribution in [2.24, 2.45) is 17.2 Å². The van der Waals surface area contributed by atoms with E-state index in [1.165, 1.54) is 0 Å². The molecule has 0 amide bonds. The van der Waals surface area contributed by atoms with E-state index in [1.54, 1.807) is 0 Å². The second kappa shape index (κ2) is 7.28. The van der Waals surface area contributed by atoms with Gasteiger partial charge in [-0.2, -0.15) is 0 Å². The Morgan fingerprint density at radius 2 is 1.75 bits per heavy atom. The van der Waals surface area contributed by atoms with Gasteiger partial charge < -0.3 is 17.2 Å². The van der Waals surface area contributed by atoms with Gasteiger partial charge in [-0.05, 0) is 38.8 Å². The standard InChI is InChI=1S/C9H21N3/c1-8(4-2-6-10)9(12)5-3-7-11/h9H,1-7,10-12H2. The molecule has 3 heteroatoms. The van der Waals surface area contributed by atoms with Crippen LogP contribution in [0.3, 0.4) is 0 Å². The van der Waals surface area contributed by atoms with Crippen molar-refractivity contribution in [2.45, 2.75) is 31.7 Å². The molecule has 1 atom stereocenters. The van der Waals surface area contributed by atoms with Crippen molar-refractivity contribution in [3.8, 4) is 0 Å². The zero-order valence-corrected chi connectivity index (χ0v) is 7.76. The molecule has 0 heterocycles. The average Bonchev–Trinajstić information content (AvgIpc) is 2.10. The van der Waals surface area contributed by atoms with E-state index in [0.717, 1.165) is 31.3 Å². The minimum absolute atomic E-state index is 0.111. The Balaban J connectivity index is 3.47. The summed E-state index contributed by atoms with van der Waals surface area (Å²) in [5.74, 6) is 0. The highest BCUT2D eigenvalue weighted by Crippen LogP contribution is 2.09. The van der Waals surface area contributed by atoms with Crippen LogP contribution in [0.15, 0.2) is 12.2 Å². The number of hydrogen-bond donors (Lipinski definition) is 3. The summed E-state index contributed by atoms with van der Waals surface area (Å²) in [6.07, 6.45) is 3.85. The molecule has 0 aromatic rings. The molecule has 0 aromatic carbocycles. The molecule has 1 unspecified atom stereocenters. The SMILES string of the molecule is C=C(CCCN)C(N)CCCN. The van der Waals surface area contributed by atoms with Crippen LogP contribution in [0.1, 0.15) is 25.7 Å². The lowest BCUT2D eigenvalue weighted by atomic mass is 10.0. The maximum Gasteiger partial charge on any atom is 0.0251 e. The van der Waals surface area contributed by atoms with E-state index < -0.39 is 0 Å². The molecule has 0 aliphatic rings. The Morgan fingerprint density at radius 3 is 2.25 bits per heavy atom. The Morgan fingerprint density at radius 1 is 1.17 bits per heavy atom. The fourth-order valence-corrected chi connectivity index (χ4v) is 1.06. The van der Waals surface area contributed by atoms with Gasteiger partial charge in [0.1, 0.15) is 0 Å². The lowest BCUT2D eigenvalue weighted by molar-refractivity contribution is 0.622. The maximum absolute atomic E-state index is 5.85. The molecule has 0 spiro atoms. The smallest absolute Gasteiger partial charge is 0.0251 e. The van der Waals surface area contributed by atoms with Gasteiger partial charge >= 0.3 is 0 Å². The highest BCUT2D eigenvalue weighted by molar-refractivity contribution is 5.03. The molecule has 0 aliphatic heterocycles. The molecular formula is C9H21N3. The number of hydrogen-bond acceptors (Lipinski definition) is 3. The third-order valence-corrected chi connectivity index (χ3v) is 1.95. The maximum atomic E-state index is 5.85. The first kappa shape index (κ1) is 11.6. The predicted octanol–water partition coefficient (Wildman–Crippen LogP) is 0.348. The molecular weight excluding hydrogens is 150 g/mol. The van der Waals surface area contributed by atoms with Crippen LogP contribution in [0.4, 0.5) is 0 Å². The summed E-state index contributed by atoms with van der Waals surface area (Å²) < 4.78 is 0. The van der Waals surface area contributed by atoms with Crippen LogP contribution in [0.25, 0.3) is 0 Å². The molecule has 0 saturated carbocycles. The van der Waals surface area contributed by atoms with E-state index in [2.05, 4.69) is 6.58 Å². The minimum Gasteiger partial charge on any atom is -0.330 e. The molecule has 0 aromatic heterocycles. The molecule has 0 bridgehead atoms. The molecule has 0 radical (unpaired) electrons. The Labute approximate surface area is 75.0 Å². The van der Waals surface area contributed by atoms with Crippen molar-refractivity contribution in [2.75, 3.05) is 13.1 Å². The molecule has 12 heavy (non-hydrogen) atoms. The largest absolute Gasteiger partial charge is 0.330 e. The van der Waals surface area contributed by atoms with E-state index in [-0.39, 0.29) is 6.04 Å². The van der Waals surface area contributed by atoms with Crippen LogP contribution in [-0.4, -0.2) is 19.1 Å². The topological polar surface area (TPSA) is 78.1 Å². The van der Waals surface area contributed by atoms with E-state index in [1.807, 2.05) is 0 Å². The van der Waals surface area contributed by atoms with Gasteiger partial charge in [0, 0.05) is 6.04 Å². The lowest BCUT2D eigenvalue weighted by Gasteiger charge is -2.13. The Bertz CT molecular complexity index is 123. The van der Waals surface area contributed by atoms with Crippen molar-refractivity contribution in [3.63, 3.8) is 0 Å². The third-order valence-electron chi connectivity index (χ3n) is 1.95.